The van der Waals surface area contributed by atoms with Crippen LogP contribution in [0.2, 0.25) is 0 Å². The number of aryl methyl sites for hydroxylation is 2. The number of nitrogens with zero attached hydrogens (tertiary/aromatic N) is 2. The number of hydrogen-bond donors (Lipinski definition) is 2. The molecule has 0 atom stereocenters. The number of carbonyl (C=O) groups excluding carboxylic acids is 2. The highest BCUT2D eigenvalue weighted by molar-refractivity contribution is 5.92. The van der Waals surface area contributed by atoms with Gasteiger partial charge in [-0.25, -0.2) is 4.98 Å². The first-order chi connectivity index (χ1) is 15.7. The van der Waals surface area contributed by atoms with Crippen LogP contribution in [0.3, 0.4) is 0 Å². The van der Waals surface area contributed by atoms with Crippen molar-refractivity contribution in [2.24, 2.45) is 0 Å². The highest BCUT2D eigenvalue weighted by Gasteiger charge is 2.15. The predicted octanol–water partition coefficient (Wildman–Crippen LogP) is 4.19. The first kappa shape index (κ1) is 21.4. The highest BCUT2D eigenvalue weighted by atomic mass is 16.3. The fourth-order valence-electron chi connectivity index (χ4n) is 3.72. The third-order valence-electron chi connectivity index (χ3n) is 5.32. The van der Waals surface area contributed by atoms with Crippen molar-refractivity contribution < 1.29 is 14.0 Å². The molecule has 0 aliphatic rings. The van der Waals surface area contributed by atoms with Gasteiger partial charge in [-0.2, -0.15) is 0 Å². The van der Waals surface area contributed by atoms with Gasteiger partial charge in [0.1, 0.15) is 12.4 Å². The second kappa shape index (κ2) is 9.96. The maximum Gasteiger partial charge on any atom is 0.286 e. The normalized spacial score (nSPS) is 10.9. The molecule has 7 heteroatoms. The number of rotatable bonds is 9. The van der Waals surface area contributed by atoms with Gasteiger partial charge in [0.2, 0.25) is 5.91 Å². The number of imidazole rings is 1. The maximum atomic E-state index is 12.9. The van der Waals surface area contributed by atoms with Crippen molar-refractivity contribution in [3.63, 3.8) is 0 Å². The summed E-state index contributed by atoms with van der Waals surface area (Å²) < 4.78 is 7.06. The molecule has 0 unspecified atom stereocenters. The van der Waals surface area contributed by atoms with Gasteiger partial charge in [-0.1, -0.05) is 37.3 Å². The molecule has 0 aliphatic heterocycles. The van der Waals surface area contributed by atoms with E-state index in [2.05, 4.69) is 17.6 Å². The van der Waals surface area contributed by atoms with Gasteiger partial charge >= 0.3 is 0 Å². The van der Waals surface area contributed by atoms with Gasteiger partial charge in [0, 0.05) is 18.7 Å². The number of para-hydroxylation sites is 3. The first-order valence-electron chi connectivity index (χ1n) is 10.8. The zero-order chi connectivity index (χ0) is 22.3. The van der Waals surface area contributed by atoms with E-state index in [-0.39, 0.29) is 18.4 Å². The molecule has 0 fully saturated rings. The minimum absolute atomic E-state index is 0.0959. The average molecular weight is 431 g/mol. The molecule has 2 amide bonds. The van der Waals surface area contributed by atoms with Gasteiger partial charge < -0.3 is 19.6 Å². The zero-order valence-corrected chi connectivity index (χ0v) is 18.0. The van der Waals surface area contributed by atoms with Crippen molar-refractivity contribution in [3.05, 3.63) is 84.1 Å². The second-order valence-corrected chi connectivity index (χ2v) is 7.50. The summed E-state index contributed by atoms with van der Waals surface area (Å²) in [5, 5.41) is 5.88. The Morgan fingerprint density at radius 1 is 1.03 bits per heavy atom. The smallest absolute Gasteiger partial charge is 0.286 e. The lowest BCUT2D eigenvalue weighted by atomic mass is 10.1. The van der Waals surface area contributed by atoms with Crippen LogP contribution in [-0.4, -0.2) is 27.9 Å². The Bertz CT molecular complexity index is 1210. The van der Waals surface area contributed by atoms with Crippen LogP contribution in [-0.2, 0) is 24.2 Å². The van der Waals surface area contributed by atoms with Gasteiger partial charge in [-0.15, -0.1) is 0 Å². The van der Waals surface area contributed by atoms with Gasteiger partial charge in [0.25, 0.3) is 5.91 Å². The maximum absolute atomic E-state index is 12.9. The fourth-order valence-corrected chi connectivity index (χ4v) is 3.72. The summed E-state index contributed by atoms with van der Waals surface area (Å²) >= 11 is 0. The largest absolute Gasteiger partial charge is 0.459 e. The molecule has 4 aromatic rings. The van der Waals surface area contributed by atoms with Crippen molar-refractivity contribution >= 4 is 28.5 Å². The molecule has 0 spiro atoms. The number of aromatic nitrogens is 2. The van der Waals surface area contributed by atoms with Crippen LogP contribution >= 0.6 is 0 Å². The highest BCUT2D eigenvalue weighted by Crippen LogP contribution is 2.19. The topological polar surface area (TPSA) is 89.2 Å². The molecular formula is C25H26N4O3. The molecule has 164 valence electrons. The first-order valence-corrected chi connectivity index (χ1v) is 10.8. The van der Waals surface area contributed by atoms with Gasteiger partial charge in [-0.05, 0) is 48.7 Å². The van der Waals surface area contributed by atoms with Crippen molar-refractivity contribution in [2.45, 2.75) is 32.7 Å². The summed E-state index contributed by atoms with van der Waals surface area (Å²) in [4.78, 5) is 29.6. The molecule has 2 heterocycles. The Labute approximate surface area is 186 Å². The molecule has 0 bridgehead atoms. The van der Waals surface area contributed by atoms with E-state index >= 15 is 0 Å². The molecule has 4 rings (SSSR count). The van der Waals surface area contributed by atoms with E-state index in [0.717, 1.165) is 34.5 Å². The lowest BCUT2D eigenvalue weighted by molar-refractivity contribution is -0.116. The average Bonchev–Trinajstić information content (AvgIpc) is 3.46. The summed E-state index contributed by atoms with van der Waals surface area (Å²) in [6.07, 6.45) is 3.64. The van der Waals surface area contributed by atoms with Crippen LogP contribution in [0.15, 0.2) is 71.3 Å². The number of anilines is 1. The van der Waals surface area contributed by atoms with Crippen molar-refractivity contribution in [1.29, 1.82) is 0 Å². The minimum Gasteiger partial charge on any atom is -0.459 e. The summed E-state index contributed by atoms with van der Waals surface area (Å²) in [7, 11) is 0. The van der Waals surface area contributed by atoms with Crippen LogP contribution in [0, 0.1) is 0 Å². The van der Waals surface area contributed by atoms with Gasteiger partial charge in [0.05, 0.1) is 17.3 Å². The Balaban J connectivity index is 1.44. The molecule has 0 saturated heterocycles. The van der Waals surface area contributed by atoms with E-state index in [1.165, 1.54) is 6.26 Å². The molecule has 2 N–H and O–H groups in total. The van der Waals surface area contributed by atoms with Gasteiger partial charge in [-0.3, -0.25) is 9.59 Å². The third-order valence-corrected chi connectivity index (χ3v) is 5.32. The van der Waals surface area contributed by atoms with Crippen molar-refractivity contribution in [1.82, 2.24) is 14.9 Å². The lowest BCUT2D eigenvalue weighted by Gasteiger charge is -2.12. The number of benzene rings is 2. The van der Waals surface area contributed by atoms with Crippen molar-refractivity contribution in [2.75, 3.05) is 11.9 Å². The van der Waals surface area contributed by atoms with Crippen LogP contribution in [0.4, 0.5) is 5.69 Å². The minimum atomic E-state index is -0.238. The van der Waals surface area contributed by atoms with Crippen LogP contribution < -0.4 is 10.6 Å². The summed E-state index contributed by atoms with van der Waals surface area (Å²) in [5.74, 6) is 0.775. The number of furan rings is 1. The second-order valence-electron chi connectivity index (χ2n) is 7.50. The lowest BCUT2D eigenvalue weighted by Crippen LogP contribution is -2.25. The van der Waals surface area contributed by atoms with Crippen molar-refractivity contribution in [3.8, 4) is 0 Å². The molecule has 0 saturated carbocycles. The molecule has 2 aromatic carbocycles. The Hall–Kier alpha value is -3.87. The monoisotopic (exact) mass is 430 g/mol. The number of nitrogens with one attached hydrogen (secondary N) is 2. The summed E-state index contributed by atoms with van der Waals surface area (Å²) in [6.45, 7) is 2.72. The number of carbonyl (C=O) groups is 2. The number of amides is 2. The van der Waals surface area contributed by atoms with E-state index in [1.54, 1.807) is 12.1 Å². The molecule has 0 aliphatic carbocycles. The fraction of sp³-hybridized carbons (Fsp3) is 0.240. The molecule has 7 nitrogen and oxygen atoms in total. The van der Waals surface area contributed by atoms with E-state index in [4.69, 9.17) is 9.40 Å². The summed E-state index contributed by atoms with van der Waals surface area (Å²) in [5.41, 5.74) is 3.71. The van der Waals surface area contributed by atoms with E-state index in [9.17, 15) is 9.59 Å². The molecular weight excluding hydrogens is 404 g/mol. The summed E-state index contributed by atoms with van der Waals surface area (Å²) in [6, 6.07) is 18.9. The van der Waals surface area contributed by atoms with Gasteiger partial charge in [0.15, 0.2) is 5.76 Å². The van der Waals surface area contributed by atoms with Crippen LogP contribution in [0.5, 0.6) is 0 Å². The standard InChI is InChI=1S/C25H26N4O3/c1-2-18-9-3-4-10-19(18)28-24(30)17-29-21-12-6-5-11-20(21)27-23(29)14-7-15-26-25(31)22-13-8-16-32-22/h3-6,8-13,16H,2,7,14-15,17H2,1H3,(H,26,31)(H,28,30). The Morgan fingerprint density at radius 3 is 2.66 bits per heavy atom. The molecule has 2 aromatic heterocycles. The van der Waals surface area contributed by atoms with E-state index < -0.39 is 0 Å². The Kier molecular flexibility index (Phi) is 6.65. The van der Waals surface area contributed by atoms with E-state index in [0.29, 0.717) is 25.1 Å². The van der Waals surface area contributed by atoms with Crippen LogP contribution in [0.1, 0.15) is 35.3 Å². The number of hydrogen-bond acceptors (Lipinski definition) is 4. The number of fused-ring (bicyclic) bond motifs is 1. The Morgan fingerprint density at radius 2 is 1.84 bits per heavy atom. The van der Waals surface area contributed by atoms with Crippen LogP contribution in [0.25, 0.3) is 11.0 Å². The third kappa shape index (κ3) is 4.88. The SMILES string of the molecule is CCc1ccccc1NC(=O)Cn1c(CCCNC(=O)c2ccco2)nc2ccccc21. The molecule has 0 radical (unpaired) electrons. The van der Waals surface area contributed by atoms with E-state index in [1.807, 2.05) is 53.1 Å². The predicted molar refractivity (Wildman–Crippen MR) is 124 cm³/mol. The quantitative estimate of drug-likeness (QED) is 0.390. The molecule has 32 heavy (non-hydrogen) atoms. The zero-order valence-electron chi connectivity index (χ0n) is 18.0.